The highest BCUT2D eigenvalue weighted by Gasteiger charge is 2.08. The molecule has 1 aromatic carbocycles. The fraction of sp³-hybridized carbons (Fsp3) is 0.312. The fourth-order valence-electron chi connectivity index (χ4n) is 2.21. The van der Waals surface area contributed by atoms with Crippen LogP contribution in [0.4, 0.5) is 22.0 Å². The van der Waals surface area contributed by atoms with E-state index in [1.54, 1.807) is 6.20 Å². The highest BCUT2D eigenvalue weighted by Crippen LogP contribution is 2.22. The van der Waals surface area contributed by atoms with Crippen LogP contribution >= 0.6 is 0 Å². The van der Waals surface area contributed by atoms with Crippen LogP contribution in [0.2, 0.25) is 0 Å². The first-order valence-corrected chi connectivity index (χ1v) is 7.33. The van der Waals surface area contributed by atoms with E-state index in [9.17, 15) is 4.79 Å². The minimum absolute atomic E-state index is 0.334. The van der Waals surface area contributed by atoms with Crippen LogP contribution < -0.4 is 15.5 Å². The lowest BCUT2D eigenvalue weighted by Crippen LogP contribution is -2.23. The molecule has 0 unspecified atom stereocenters. The number of hydrogen-bond donors (Lipinski definition) is 2. The second kappa shape index (κ2) is 7.40. The molecule has 0 spiro atoms. The minimum atomic E-state index is -0.334. The highest BCUT2D eigenvalue weighted by atomic mass is 16.2. The number of rotatable bonds is 5. The monoisotopic (exact) mass is 299 g/mol. The lowest BCUT2D eigenvalue weighted by Gasteiger charge is -2.22. The van der Waals surface area contributed by atoms with E-state index in [0.29, 0.717) is 5.82 Å². The first-order valence-electron chi connectivity index (χ1n) is 7.33. The topological polar surface area (TPSA) is 70.2 Å². The Morgan fingerprint density at radius 3 is 2.55 bits per heavy atom. The molecule has 116 valence electrons. The Labute approximate surface area is 130 Å². The van der Waals surface area contributed by atoms with Gasteiger partial charge in [-0.1, -0.05) is 0 Å². The molecule has 0 radical (unpaired) electrons. The number of carbonyl (C=O) groups excluding carboxylic acids is 1. The number of amides is 2. The first-order chi connectivity index (χ1) is 10.6. The molecular weight excluding hydrogens is 278 g/mol. The number of nitrogens with zero attached hydrogens (tertiary/aromatic N) is 3. The molecule has 22 heavy (non-hydrogen) atoms. The summed E-state index contributed by atoms with van der Waals surface area (Å²) in [6, 6.07) is 5.67. The summed E-state index contributed by atoms with van der Waals surface area (Å²) in [5, 5.41) is 5.47. The van der Waals surface area contributed by atoms with Crippen molar-refractivity contribution in [2.75, 3.05) is 28.6 Å². The zero-order valence-corrected chi connectivity index (χ0v) is 13.1. The Hall–Kier alpha value is -2.63. The third-order valence-corrected chi connectivity index (χ3v) is 3.39. The maximum atomic E-state index is 12.0. The molecule has 2 N–H and O–H groups in total. The van der Waals surface area contributed by atoms with Crippen molar-refractivity contribution in [2.45, 2.75) is 20.8 Å². The van der Waals surface area contributed by atoms with Gasteiger partial charge in [0.15, 0.2) is 5.82 Å². The van der Waals surface area contributed by atoms with E-state index < -0.39 is 0 Å². The minimum Gasteiger partial charge on any atom is -0.372 e. The summed E-state index contributed by atoms with van der Waals surface area (Å²) in [5.41, 5.74) is 2.94. The Balaban J connectivity index is 2.05. The Bertz CT molecular complexity index is 626. The molecule has 2 aromatic rings. The largest absolute Gasteiger partial charge is 0.372 e. The van der Waals surface area contributed by atoms with Gasteiger partial charge in [-0.25, -0.2) is 9.78 Å². The van der Waals surface area contributed by atoms with Crippen LogP contribution in [0.5, 0.6) is 0 Å². The van der Waals surface area contributed by atoms with Gasteiger partial charge in [0.25, 0.3) is 0 Å². The van der Waals surface area contributed by atoms with Gasteiger partial charge in [-0.2, -0.15) is 0 Å². The Kier molecular flexibility index (Phi) is 5.30. The van der Waals surface area contributed by atoms with Gasteiger partial charge < -0.3 is 10.2 Å². The van der Waals surface area contributed by atoms with Crippen LogP contribution in [0, 0.1) is 6.92 Å². The molecule has 1 aromatic heterocycles. The van der Waals surface area contributed by atoms with E-state index in [1.807, 2.05) is 19.1 Å². The van der Waals surface area contributed by atoms with Gasteiger partial charge in [-0.05, 0) is 44.5 Å². The van der Waals surface area contributed by atoms with Crippen LogP contribution in [0.3, 0.4) is 0 Å². The molecule has 0 aliphatic heterocycles. The molecule has 0 bridgehead atoms. The quantitative estimate of drug-likeness (QED) is 0.889. The summed E-state index contributed by atoms with van der Waals surface area (Å²) in [6.45, 7) is 8.13. The summed E-state index contributed by atoms with van der Waals surface area (Å²) in [4.78, 5) is 22.1. The SMILES string of the molecule is CCN(CC)c1ccc(NC(=O)Nc2cnccn2)c(C)c1. The van der Waals surface area contributed by atoms with Gasteiger partial charge in [-0.3, -0.25) is 10.3 Å². The number of urea groups is 1. The molecule has 6 heteroatoms. The molecule has 6 nitrogen and oxygen atoms in total. The third-order valence-electron chi connectivity index (χ3n) is 3.39. The fourth-order valence-corrected chi connectivity index (χ4v) is 2.21. The predicted octanol–water partition coefficient (Wildman–Crippen LogP) is 3.28. The second-order valence-electron chi connectivity index (χ2n) is 4.84. The van der Waals surface area contributed by atoms with Crippen molar-refractivity contribution >= 4 is 23.2 Å². The highest BCUT2D eigenvalue weighted by molar-refractivity contribution is 5.99. The van der Waals surface area contributed by atoms with Gasteiger partial charge in [0.1, 0.15) is 0 Å². The van der Waals surface area contributed by atoms with Gasteiger partial charge >= 0.3 is 6.03 Å². The molecule has 2 rings (SSSR count). The van der Waals surface area contributed by atoms with Crippen molar-refractivity contribution in [3.05, 3.63) is 42.4 Å². The zero-order chi connectivity index (χ0) is 15.9. The molecule has 0 saturated carbocycles. The smallest absolute Gasteiger partial charge is 0.324 e. The average Bonchev–Trinajstić information content (AvgIpc) is 2.52. The van der Waals surface area contributed by atoms with Crippen molar-refractivity contribution in [1.82, 2.24) is 9.97 Å². The summed E-state index contributed by atoms with van der Waals surface area (Å²) < 4.78 is 0. The van der Waals surface area contributed by atoms with Crippen LogP contribution in [0.25, 0.3) is 0 Å². The normalized spacial score (nSPS) is 10.1. The van der Waals surface area contributed by atoms with Crippen LogP contribution in [0.15, 0.2) is 36.8 Å². The molecule has 0 aliphatic carbocycles. The number of hydrogen-bond acceptors (Lipinski definition) is 4. The van der Waals surface area contributed by atoms with Gasteiger partial charge in [0, 0.05) is 36.9 Å². The lowest BCUT2D eigenvalue weighted by atomic mass is 10.1. The standard InChI is InChI=1S/C16H21N5O/c1-4-21(5-2)13-6-7-14(12(3)10-13)19-16(22)20-15-11-17-8-9-18-15/h6-11H,4-5H2,1-3H3,(H2,18,19,20,22). The molecule has 1 heterocycles. The lowest BCUT2D eigenvalue weighted by molar-refractivity contribution is 0.262. The predicted molar refractivity (Wildman–Crippen MR) is 89.4 cm³/mol. The Morgan fingerprint density at radius 2 is 1.95 bits per heavy atom. The number of aryl methyl sites for hydroxylation is 1. The molecule has 2 amide bonds. The van der Waals surface area contributed by atoms with E-state index in [1.165, 1.54) is 12.4 Å². The van der Waals surface area contributed by atoms with Gasteiger partial charge in [0.2, 0.25) is 0 Å². The number of benzene rings is 1. The summed E-state index contributed by atoms with van der Waals surface area (Å²) >= 11 is 0. The molecular formula is C16H21N5O. The van der Waals surface area contributed by atoms with E-state index in [2.05, 4.69) is 45.4 Å². The van der Waals surface area contributed by atoms with E-state index in [-0.39, 0.29) is 6.03 Å². The molecule has 0 fully saturated rings. The van der Waals surface area contributed by atoms with E-state index >= 15 is 0 Å². The summed E-state index contributed by atoms with van der Waals surface area (Å²) in [6.07, 6.45) is 4.58. The number of nitrogens with one attached hydrogen (secondary N) is 2. The zero-order valence-electron chi connectivity index (χ0n) is 13.1. The maximum absolute atomic E-state index is 12.0. The van der Waals surface area contributed by atoms with Gasteiger partial charge in [-0.15, -0.1) is 0 Å². The van der Waals surface area contributed by atoms with Crippen molar-refractivity contribution in [3.63, 3.8) is 0 Å². The molecule has 0 atom stereocenters. The average molecular weight is 299 g/mol. The van der Waals surface area contributed by atoms with Crippen molar-refractivity contribution < 1.29 is 4.79 Å². The van der Waals surface area contributed by atoms with Crippen molar-refractivity contribution in [3.8, 4) is 0 Å². The third kappa shape index (κ3) is 3.94. The van der Waals surface area contributed by atoms with Crippen LogP contribution in [0.1, 0.15) is 19.4 Å². The van der Waals surface area contributed by atoms with Crippen LogP contribution in [-0.2, 0) is 0 Å². The van der Waals surface area contributed by atoms with Crippen LogP contribution in [-0.4, -0.2) is 29.1 Å². The maximum Gasteiger partial charge on any atom is 0.324 e. The molecule has 0 saturated heterocycles. The second-order valence-corrected chi connectivity index (χ2v) is 4.84. The first kappa shape index (κ1) is 15.8. The number of anilines is 3. The number of carbonyl (C=O) groups is 1. The summed E-state index contributed by atoms with van der Waals surface area (Å²) in [7, 11) is 0. The molecule has 0 aliphatic rings. The van der Waals surface area contributed by atoms with E-state index in [0.717, 1.165) is 30.0 Å². The summed E-state index contributed by atoms with van der Waals surface area (Å²) in [5.74, 6) is 0.414. The van der Waals surface area contributed by atoms with Crippen molar-refractivity contribution in [1.29, 1.82) is 0 Å². The van der Waals surface area contributed by atoms with Crippen molar-refractivity contribution in [2.24, 2.45) is 0 Å². The Morgan fingerprint density at radius 1 is 1.18 bits per heavy atom. The van der Waals surface area contributed by atoms with E-state index in [4.69, 9.17) is 0 Å². The van der Waals surface area contributed by atoms with Gasteiger partial charge in [0.05, 0.1) is 6.20 Å². The number of aromatic nitrogens is 2.